The van der Waals surface area contributed by atoms with Crippen LogP contribution in [-0.2, 0) is 4.79 Å². The Morgan fingerprint density at radius 2 is 1.87 bits per heavy atom. The molecule has 4 aromatic rings. The molecule has 4 rings (SSSR count). The van der Waals surface area contributed by atoms with E-state index < -0.39 is 0 Å². The Labute approximate surface area is 179 Å². The van der Waals surface area contributed by atoms with E-state index in [1.807, 2.05) is 45.9 Å². The lowest BCUT2D eigenvalue weighted by molar-refractivity contribution is -0.117. The Bertz CT molecular complexity index is 1270. The van der Waals surface area contributed by atoms with E-state index in [0.29, 0.717) is 40.8 Å². The first-order valence-electron chi connectivity index (χ1n) is 9.91. The van der Waals surface area contributed by atoms with Gasteiger partial charge in [-0.1, -0.05) is 26.8 Å². The highest BCUT2D eigenvalue weighted by atomic mass is 16.1. The number of nitrogens with zero attached hydrogens (tertiary/aromatic N) is 6. The van der Waals surface area contributed by atoms with Gasteiger partial charge in [-0.05, 0) is 36.6 Å². The van der Waals surface area contributed by atoms with Gasteiger partial charge in [-0.15, -0.1) is 0 Å². The van der Waals surface area contributed by atoms with E-state index in [9.17, 15) is 4.79 Å². The maximum atomic E-state index is 12.3. The molecule has 9 heteroatoms. The summed E-state index contributed by atoms with van der Waals surface area (Å²) in [5.74, 6) is 0.915. The van der Waals surface area contributed by atoms with Crippen molar-refractivity contribution < 1.29 is 4.79 Å². The lowest BCUT2D eigenvalue weighted by Gasteiger charge is -2.16. The Morgan fingerprint density at radius 3 is 2.58 bits per heavy atom. The maximum Gasteiger partial charge on any atom is 0.236 e. The molecule has 0 aliphatic rings. The molecule has 0 spiro atoms. The zero-order valence-corrected chi connectivity index (χ0v) is 17.9. The van der Waals surface area contributed by atoms with Crippen LogP contribution in [0.5, 0.6) is 0 Å². The van der Waals surface area contributed by atoms with Crippen molar-refractivity contribution in [3.05, 3.63) is 48.4 Å². The molecule has 0 aromatic carbocycles. The maximum absolute atomic E-state index is 12.3. The van der Waals surface area contributed by atoms with Crippen LogP contribution in [0.1, 0.15) is 32.9 Å². The Balaban J connectivity index is 1.83. The molecule has 4 heterocycles. The van der Waals surface area contributed by atoms with Crippen LogP contribution in [0.25, 0.3) is 28.6 Å². The Morgan fingerprint density at radius 1 is 1.06 bits per heavy atom. The van der Waals surface area contributed by atoms with Crippen molar-refractivity contribution >= 4 is 23.5 Å². The number of pyridine rings is 1. The van der Waals surface area contributed by atoms with Gasteiger partial charge in [0.15, 0.2) is 0 Å². The summed E-state index contributed by atoms with van der Waals surface area (Å²) in [7, 11) is 0. The number of aromatic nitrogens is 6. The zero-order chi connectivity index (χ0) is 22.2. The number of anilines is 2. The summed E-state index contributed by atoms with van der Waals surface area (Å²) in [6.45, 7) is 7.96. The second kappa shape index (κ2) is 7.75. The van der Waals surface area contributed by atoms with Crippen molar-refractivity contribution in [2.24, 2.45) is 5.41 Å². The van der Waals surface area contributed by atoms with Gasteiger partial charge < -0.3 is 11.1 Å². The number of aryl methyl sites for hydroxylation is 1. The molecule has 1 amide bonds. The molecule has 0 fully saturated rings. The number of hydrogen-bond acceptors (Lipinski definition) is 7. The van der Waals surface area contributed by atoms with Crippen LogP contribution in [0.3, 0.4) is 0 Å². The van der Waals surface area contributed by atoms with Gasteiger partial charge >= 0.3 is 0 Å². The number of nitrogens with one attached hydrogen (secondary N) is 1. The molecule has 0 unspecified atom stereocenters. The predicted octanol–water partition coefficient (Wildman–Crippen LogP) is 3.51. The Kier molecular flexibility index (Phi) is 5.10. The molecular weight excluding hydrogens is 392 g/mol. The molecule has 0 atom stereocenters. The van der Waals surface area contributed by atoms with Crippen molar-refractivity contribution in [2.75, 3.05) is 11.1 Å². The third-order valence-electron chi connectivity index (χ3n) is 4.50. The van der Waals surface area contributed by atoms with Crippen LogP contribution < -0.4 is 11.1 Å². The minimum atomic E-state index is -0.119. The molecule has 0 aliphatic carbocycles. The summed E-state index contributed by atoms with van der Waals surface area (Å²) in [5, 5.41) is 2.85. The first kappa shape index (κ1) is 20.4. The third kappa shape index (κ3) is 4.50. The fourth-order valence-corrected chi connectivity index (χ4v) is 3.27. The second-order valence-corrected chi connectivity index (χ2v) is 8.54. The number of hydrogen-bond donors (Lipinski definition) is 2. The highest BCUT2D eigenvalue weighted by Crippen LogP contribution is 2.31. The number of nitrogen functional groups attached to an aromatic ring is 1. The number of fused-ring (bicyclic) bond motifs is 1. The molecule has 9 nitrogen and oxygen atoms in total. The highest BCUT2D eigenvalue weighted by molar-refractivity contribution is 5.90. The normalized spacial score (nSPS) is 11.6. The zero-order valence-electron chi connectivity index (χ0n) is 17.9. The summed E-state index contributed by atoms with van der Waals surface area (Å²) >= 11 is 0. The quantitative estimate of drug-likeness (QED) is 0.521. The molecule has 0 radical (unpaired) electrons. The van der Waals surface area contributed by atoms with Crippen molar-refractivity contribution in [3.63, 3.8) is 0 Å². The Hall–Kier alpha value is -3.88. The predicted molar refractivity (Wildman–Crippen MR) is 119 cm³/mol. The van der Waals surface area contributed by atoms with Crippen molar-refractivity contribution in [1.29, 1.82) is 0 Å². The molecular formula is C22H24N8O. The van der Waals surface area contributed by atoms with Crippen LogP contribution in [0.4, 0.5) is 11.8 Å². The largest absolute Gasteiger partial charge is 0.368 e. The van der Waals surface area contributed by atoms with Gasteiger partial charge in [-0.2, -0.15) is 4.98 Å². The van der Waals surface area contributed by atoms with Crippen LogP contribution in [0.15, 0.2) is 42.7 Å². The van der Waals surface area contributed by atoms with E-state index in [-0.39, 0.29) is 17.3 Å². The van der Waals surface area contributed by atoms with Gasteiger partial charge in [0.1, 0.15) is 17.2 Å². The minimum Gasteiger partial charge on any atom is -0.368 e. The molecule has 0 saturated carbocycles. The molecule has 3 N–H and O–H groups in total. The molecule has 4 aromatic heterocycles. The summed E-state index contributed by atoms with van der Waals surface area (Å²) in [5.41, 5.74) is 9.17. The van der Waals surface area contributed by atoms with Gasteiger partial charge in [0.2, 0.25) is 17.6 Å². The van der Waals surface area contributed by atoms with Crippen LogP contribution >= 0.6 is 0 Å². The summed E-state index contributed by atoms with van der Waals surface area (Å²) in [4.78, 5) is 34.5. The van der Waals surface area contributed by atoms with E-state index in [4.69, 9.17) is 10.7 Å². The molecule has 0 bridgehead atoms. The van der Waals surface area contributed by atoms with Gasteiger partial charge in [0.25, 0.3) is 0 Å². The molecule has 0 aliphatic heterocycles. The number of rotatable bonds is 4. The van der Waals surface area contributed by atoms with E-state index in [1.165, 1.54) is 0 Å². The van der Waals surface area contributed by atoms with E-state index in [2.05, 4.69) is 25.3 Å². The van der Waals surface area contributed by atoms with Gasteiger partial charge in [-0.25, -0.2) is 15.0 Å². The van der Waals surface area contributed by atoms with Crippen LogP contribution in [-0.4, -0.2) is 35.2 Å². The standard InChI is InChI=1S/C22H24N8O/c1-13-6-5-7-14(25-13)18-19(15-8-10-24-20(23)26-15)30-11-9-16(28-21(30)29-18)27-17(31)12-22(2,3)4/h5-11H,12H2,1-4H3,(H2,23,24,26)(H,27,28,29,31). The summed E-state index contributed by atoms with van der Waals surface area (Å²) < 4.78 is 1.81. The monoisotopic (exact) mass is 416 g/mol. The first-order chi connectivity index (χ1) is 14.7. The lowest BCUT2D eigenvalue weighted by Crippen LogP contribution is -2.20. The van der Waals surface area contributed by atoms with E-state index in [0.717, 1.165) is 5.69 Å². The minimum absolute atomic E-state index is 0.0970. The topological polar surface area (TPSA) is 124 Å². The first-order valence-corrected chi connectivity index (χ1v) is 9.91. The second-order valence-electron chi connectivity index (χ2n) is 8.54. The SMILES string of the molecule is Cc1cccc(-c2nc3nc(NC(=O)CC(C)(C)C)ccn3c2-c2ccnc(N)n2)n1. The average molecular weight is 416 g/mol. The average Bonchev–Trinajstić information content (AvgIpc) is 3.05. The fraction of sp³-hybridized carbons (Fsp3) is 0.273. The number of carbonyl (C=O) groups excluding carboxylic acids is 1. The van der Waals surface area contributed by atoms with Crippen molar-refractivity contribution in [2.45, 2.75) is 34.1 Å². The third-order valence-corrected chi connectivity index (χ3v) is 4.50. The van der Waals surface area contributed by atoms with Gasteiger partial charge in [0, 0.05) is 24.5 Å². The number of imidazole rings is 1. The van der Waals surface area contributed by atoms with Crippen LogP contribution in [0, 0.1) is 12.3 Å². The fourth-order valence-electron chi connectivity index (χ4n) is 3.27. The summed E-state index contributed by atoms with van der Waals surface area (Å²) in [6, 6.07) is 9.22. The van der Waals surface area contributed by atoms with Crippen LogP contribution in [0.2, 0.25) is 0 Å². The van der Waals surface area contributed by atoms with Crippen molar-refractivity contribution in [3.8, 4) is 22.8 Å². The van der Waals surface area contributed by atoms with Gasteiger partial charge in [-0.3, -0.25) is 14.2 Å². The highest BCUT2D eigenvalue weighted by Gasteiger charge is 2.21. The number of amides is 1. The van der Waals surface area contributed by atoms with Gasteiger partial charge in [0.05, 0.1) is 11.4 Å². The molecule has 0 saturated heterocycles. The lowest BCUT2D eigenvalue weighted by atomic mass is 9.92. The number of nitrogens with two attached hydrogens (primary N) is 1. The molecule has 158 valence electrons. The smallest absolute Gasteiger partial charge is 0.236 e. The van der Waals surface area contributed by atoms with E-state index >= 15 is 0 Å². The number of carbonyl (C=O) groups is 1. The van der Waals surface area contributed by atoms with Crippen molar-refractivity contribution in [1.82, 2.24) is 29.3 Å². The van der Waals surface area contributed by atoms with E-state index in [1.54, 1.807) is 28.9 Å². The summed E-state index contributed by atoms with van der Waals surface area (Å²) in [6.07, 6.45) is 3.78. The molecule has 31 heavy (non-hydrogen) atoms.